The number of alkyl halides is 1. The summed E-state index contributed by atoms with van der Waals surface area (Å²) in [6.07, 6.45) is -0.596. The zero-order valence-electron chi connectivity index (χ0n) is 14.6. The Morgan fingerprint density at radius 1 is 1.26 bits per heavy atom. The molecule has 0 bridgehead atoms. The third kappa shape index (κ3) is 3.36. The highest BCUT2D eigenvalue weighted by Gasteiger charge is 2.29. The average Bonchev–Trinajstić information content (AvgIpc) is 3.04. The van der Waals surface area contributed by atoms with Crippen LogP contribution in [0.15, 0.2) is 42.5 Å². The third-order valence-corrected chi connectivity index (χ3v) is 5.27. The predicted molar refractivity (Wildman–Crippen MR) is 106 cm³/mol. The Labute approximate surface area is 162 Å². The van der Waals surface area contributed by atoms with Crippen LogP contribution in [0.1, 0.15) is 12.0 Å². The van der Waals surface area contributed by atoms with Crippen LogP contribution in [0, 0.1) is 6.57 Å². The zero-order valence-corrected chi connectivity index (χ0v) is 15.4. The lowest BCUT2D eigenvalue weighted by molar-refractivity contribution is 0.243. The Morgan fingerprint density at radius 3 is 2.74 bits per heavy atom. The van der Waals surface area contributed by atoms with Gasteiger partial charge < -0.3 is 15.2 Å². The van der Waals surface area contributed by atoms with Gasteiger partial charge in [0.25, 0.3) is 0 Å². The zero-order chi connectivity index (χ0) is 19.0. The number of nitrogens with two attached hydrogens (primary N) is 1. The SMILES string of the molecule is [C-]#[N+]c1ccc(Cn2c(N3CC[C@H](F)[C@H](N)C3)nc3c(Cl)cccc32)cc1. The Balaban J connectivity index is 1.77. The number of fused-ring (bicyclic) bond motifs is 1. The number of nitrogens with zero attached hydrogens (tertiary/aromatic N) is 4. The van der Waals surface area contributed by atoms with Crippen molar-refractivity contribution in [2.75, 3.05) is 18.0 Å². The van der Waals surface area contributed by atoms with Crippen LogP contribution in [-0.4, -0.2) is 34.9 Å². The van der Waals surface area contributed by atoms with Crippen molar-refractivity contribution in [3.8, 4) is 0 Å². The van der Waals surface area contributed by atoms with E-state index < -0.39 is 12.2 Å². The molecule has 138 valence electrons. The van der Waals surface area contributed by atoms with Crippen molar-refractivity contribution in [2.24, 2.45) is 5.73 Å². The van der Waals surface area contributed by atoms with Gasteiger partial charge in [-0.25, -0.2) is 14.2 Å². The number of imidazole rings is 1. The first-order valence-electron chi connectivity index (χ1n) is 8.82. The lowest BCUT2D eigenvalue weighted by Crippen LogP contribution is -2.50. The molecule has 0 saturated carbocycles. The second-order valence-electron chi connectivity index (χ2n) is 6.80. The minimum Gasteiger partial charge on any atom is -0.340 e. The molecule has 0 aliphatic carbocycles. The number of aromatic nitrogens is 2. The minimum absolute atomic E-state index is 0.387. The first kappa shape index (κ1) is 17.8. The largest absolute Gasteiger partial charge is 0.340 e. The Kier molecular flexibility index (Phi) is 4.73. The monoisotopic (exact) mass is 383 g/mol. The molecule has 0 unspecified atom stereocenters. The van der Waals surface area contributed by atoms with Crippen LogP contribution in [-0.2, 0) is 6.54 Å². The molecule has 2 heterocycles. The van der Waals surface area contributed by atoms with E-state index in [-0.39, 0.29) is 0 Å². The number of benzene rings is 2. The van der Waals surface area contributed by atoms with E-state index in [0.717, 1.165) is 22.5 Å². The fraction of sp³-hybridized carbons (Fsp3) is 0.300. The van der Waals surface area contributed by atoms with Crippen molar-refractivity contribution in [3.05, 3.63) is 64.5 Å². The first-order valence-corrected chi connectivity index (χ1v) is 9.20. The Hall–Kier alpha value is -2.62. The number of anilines is 1. The topological polar surface area (TPSA) is 51.4 Å². The van der Waals surface area contributed by atoms with Gasteiger partial charge in [0, 0.05) is 13.1 Å². The summed E-state index contributed by atoms with van der Waals surface area (Å²) in [7, 11) is 0. The highest BCUT2D eigenvalue weighted by atomic mass is 35.5. The van der Waals surface area contributed by atoms with Gasteiger partial charge in [-0.3, -0.25) is 0 Å². The summed E-state index contributed by atoms with van der Waals surface area (Å²) < 4.78 is 15.9. The van der Waals surface area contributed by atoms with E-state index in [4.69, 9.17) is 28.9 Å². The quantitative estimate of drug-likeness (QED) is 0.691. The van der Waals surface area contributed by atoms with Crippen molar-refractivity contribution in [1.29, 1.82) is 0 Å². The van der Waals surface area contributed by atoms with Gasteiger partial charge in [0.05, 0.1) is 29.7 Å². The van der Waals surface area contributed by atoms with Crippen LogP contribution < -0.4 is 10.6 Å². The molecule has 2 N–H and O–H groups in total. The molecule has 2 aromatic carbocycles. The summed E-state index contributed by atoms with van der Waals surface area (Å²) in [6.45, 7) is 8.65. The molecule has 7 heteroatoms. The third-order valence-electron chi connectivity index (χ3n) is 4.97. The summed E-state index contributed by atoms with van der Waals surface area (Å²) in [5.74, 6) is 0.745. The second kappa shape index (κ2) is 7.18. The second-order valence-corrected chi connectivity index (χ2v) is 7.21. The summed E-state index contributed by atoms with van der Waals surface area (Å²) in [5, 5.41) is 0.584. The molecule has 3 aromatic rings. The average molecular weight is 384 g/mol. The normalized spacial score (nSPS) is 20.0. The van der Waals surface area contributed by atoms with Crippen LogP contribution in [0.5, 0.6) is 0 Å². The van der Waals surface area contributed by atoms with E-state index in [0.29, 0.717) is 36.8 Å². The van der Waals surface area contributed by atoms with Crippen molar-refractivity contribution < 1.29 is 4.39 Å². The summed E-state index contributed by atoms with van der Waals surface area (Å²) in [6, 6.07) is 12.6. The van der Waals surface area contributed by atoms with Crippen LogP contribution in [0.3, 0.4) is 0 Å². The Bertz CT molecular complexity index is 1010. The minimum atomic E-state index is -0.983. The van der Waals surface area contributed by atoms with Gasteiger partial charge in [-0.15, -0.1) is 0 Å². The maximum absolute atomic E-state index is 13.8. The van der Waals surface area contributed by atoms with E-state index in [9.17, 15) is 4.39 Å². The van der Waals surface area contributed by atoms with E-state index >= 15 is 0 Å². The van der Waals surface area contributed by atoms with E-state index in [1.54, 1.807) is 12.1 Å². The molecule has 1 aliphatic rings. The summed E-state index contributed by atoms with van der Waals surface area (Å²) >= 11 is 6.36. The van der Waals surface area contributed by atoms with Crippen LogP contribution in [0.2, 0.25) is 5.02 Å². The number of halogens is 2. The standard InChI is InChI=1S/C20H19ClFN5/c1-24-14-7-5-13(6-8-14)11-27-18-4-2-3-15(21)19(18)25-20(27)26-10-9-16(22)17(23)12-26/h2-8,16-17H,9-12,23H2/t16-,17+/m0/s1. The van der Waals surface area contributed by atoms with E-state index in [1.165, 1.54) is 0 Å². The predicted octanol–water partition coefficient (Wildman–Crippen LogP) is 4.16. The summed E-state index contributed by atoms with van der Waals surface area (Å²) in [5.41, 5.74) is 9.25. The Morgan fingerprint density at radius 2 is 2.04 bits per heavy atom. The van der Waals surface area contributed by atoms with E-state index in [1.807, 2.05) is 35.2 Å². The summed E-state index contributed by atoms with van der Waals surface area (Å²) in [4.78, 5) is 10.2. The van der Waals surface area contributed by atoms with Crippen molar-refractivity contribution in [2.45, 2.75) is 25.2 Å². The molecule has 1 aliphatic heterocycles. The highest BCUT2D eigenvalue weighted by Crippen LogP contribution is 2.30. The van der Waals surface area contributed by atoms with Crippen molar-refractivity contribution in [3.63, 3.8) is 0 Å². The fourth-order valence-corrected chi connectivity index (χ4v) is 3.70. The molecule has 2 atom stereocenters. The smallest absolute Gasteiger partial charge is 0.206 e. The molecular formula is C20H19ClFN5. The van der Waals surface area contributed by atoms with Gasteiger partial charge in [0.15, 0.2) is 5.69 Å². The molecule has 1 aromatic heterocycles. The number of hydrogen-bond donors (Lipinski definition) is 1. The van der Waals surface area contributed by atoms with Gasteiger partial charge in [-0.05, 0) is 24.1 Å². The van der Waals surface area contributed by atoms with Crippen LogP contribution in [0.25, 0.3) is 15.9 Å². The number of para-hydroxylation sites is 1. The molecule has 1 fully saturated rings. The molecule has 1 saturated heterocycles. The molecular weight excluding hydrogens is 365 g/mol. The molecule has 4 rings (SSSR count). The number of piperidine rings is 1. The molecule has 0 spiro atoms. The molecule has 0 radical (unpaired) electrons. The van der Waals surface area contributed by atoms with Gasteiger partial charge in [-0.2, -0.15) is 0 Å². The molecule has 0 amide bonds. The maximum atomic E-state index is 13.8. The maximum Gasteiger partial charge on any atom is 0.206 e. The van der Waals surface area contributed by atoms with Crippen LogP contribution >= 0.6 is 11.6 Å². The molecule has 5 nitrogen and oxygen atoms in total. The number of hydrogen-bond acceptors (Lipinski definition) is 3. The fourth-order valence-electron chi connectivity index (χ4n) is 3.49. The van der Waals surface area contributed by atoms with Gasteiger partial charge in [0.2, 0.25) is 5.95 Å². The highest BCUT2D eigenvalue weighted by molar-refractivity contribution is 6.35. The number of rotatable bonds is 3. The lowest BCUT2D eigenvalue weighted by atomic mass is 10.1. The van der Waals surface area contributed by atoms with E-state index in [2.05, 4.69) is 9.41 Å². The van der Waals surface area contributed by atoms with Gasteiger partial charge >= 0.3 is 0 Å². The molecule has 27 heavy (non-hydrogen) atoms. The van der Waals surface area contributed by atoms with Gasteiger partial charge in [-0.1, -0.05) is 41.9 Å². The lowest BCUT2D eigenvalue weighted by Gasteiger charge is -2.34. The van der Waals surface area contributed by atoms with Crippen molar-refractivity contribution >= 4 is 34.3 Å². The van der Waals surface area contributed by atoms with Crippen molar-refractivity contribution in [1.82, 2.24) is 9.55 Å². The van der Waals surface area contributed by atoms with Crippen LogP contribution in [0.4, 0.5) is 16.0 Å². The van der Waals surface area contributed by atoms with Gasteiger partial charge in [0.1, 0.15) is 11.7 Å². The first-order chi connectivity index (χ1) is 13.1.